The molecule has 0 saturated carbocycles. The second-order valence-corrected chi connectivity index (χ2v) is 8.04. The van der Waals surface area contributed by atoms with Crippen LogP contribution in [0.3, 0.4) is 0 Å². The molecule has 2 aliphatic rings. The molecule has 5 nitrogen and oxygen atoms in total. The van der Waals surface area contributed by atoms with Crippen molar-refractivity contribution in [2.24, 2.45) is 0 Å². The van der Waals surface area contributed by atoms with E-state index in [4.69, 9.17) is 0 Å². The lowest BCUT2D eigenvalue weighted by Gasteiger charge is -2.35. The smallest absolute Gasteiger partial charge is 0.261 e. The highest BCUT2D eigenvalue weighted by Crippen LogP contribution is 2.38. The quantitative estimate of drug-likeness (QED) is 0.915. The maximum Gasteiger partial charge on any atom is 0.261 e. The average Bonchev–Trinajstić information content (AvgIpc) is 2.58. The fourth-order valence-electron chi connectivity index (χ4n) is 3.56. The van der Waals surface area contributed by atoms with E-state index in [9.17, 15) is 17.6 Å². The summed E-state index contributed by atoms with van der Waals surface area (Å²) < 4.78 is 40.9. The zero-order chi connectivity index (χ0) is 17.6. The van der Waals surface area contributed by atoms with Crippen LogP contribution in [0.5, 0.6) is 0 Å². The molecule has 4 rings (SSSR count). The van der Waals surface area contributed by atoms with Gasteiger partial charge in [-0.05, 0) is 60.7 Å². The van der Waals surface area contributed by atoms with Gasteiger partial charge in [0, 0.05) is 18.7 Å². The molecule has 1 amide bonds. The third-order valence-corrected chi connectivity index (χ3v) is 6.01. The largest absolute Gasteiger partial charge is 0.312 e. The summed E-state index contributed by atoms with van der Waals surface area (Å²) in [5.41, 5.74) is 3.35. The molecule has 2 aliphatic heterocycles. The van der Waals surface area contributed by atoms with Gasteiger partial charge in [0.2, 0.25) is 5.91 Å². The molecule has 0 saturated heterocycles. The highest BCUT2D eigenvalue weighted by atomic mass is 32.2. The van der Waals surface area contributed by atoms with E-state index in [0.29, 0.717) is 25.1 Å². The normalized spacial score (nSPS) is 16.5. The van der Waals surface area contributed by atoms with Crippen LogP contribution in [0.2, 0.25) is 0 Å². The van der Waals surface area contributed by atoms with Crippen LogP contribution in [0, 0.1) is 5.82 Å². The van der Waals surface area contributed by atoms with Crippen molar-refractivity contribution in [3.05, 3.63) is 53.3 Å². The van der Waals surface area contributed by atoms with Gasteiger partial charge in [0.25, 0.3) is 10.0 Å². The van der Waals surface area contributed by atoms with E-state index < -0.39 is 15.8 Å². The van der Waals surface area contributed by atoms with Gasteiger partial charge >= 0.3 is 0 Å². The molecule has 0 aromatic heterocycles. The van der Waals surface area contributed by atoms with Gasteiger partial charge in [-0.25, -0.2) is 12.8 Å². The molecule has 0 bridgehead atoms. The summed E-state index contributed by atoms with van der Waals surface area (Å²) in [4.78, 5) is 13.8. The van der Waals surface area contributed by atoms with Gasteiger partial charge in [-0.1, -0.05) is 6.07 Å². The Labute approximate surface area is 145 Å². The summed E-state index contributed by atoms with van der Waals surface area (Å²) in [5.74, 6) is -0.473. The van der Waals surface area contributed by atoms with Crippen LogP contribution in [-0.4, -0.2) is 20.9 Å². The Morgan fingerprint density at radius 2 is 1.80 bits per heavy atom. The topological polar surface area (TPSA) is 66.5 Å². The Balaban J connectivity index is 1.72. The van der Waals surface area contributed by atoms with E-state index in [1.54, 1.807) is 12.1 Å². The van der Waals surface area contributed by atoms with Crippen LogP contribution in [0.25, 0.3) is 0 Å². The number of carbonyl (C=O) groups excluding carboxylic acids is 1. The van der Waals surface area contributed by atoms with Crippen molar-refractivity contribution in [3.63, 3.8) is 0 Å². The minimum Gasteiger partial charge on any atom is -0.312 e. The lowest BCUT2D eigenvalue weighted by Crippen LogP contribution is -2.39. The monoisotopic (exact) mass is 360 g/mol. The van der Waals surface area contributed by atoms with Gasteiger partial charge in [-0.3, -0.25) is 9.52 Å². The molecule has 0 spiro atoms. The van der Waals surface area contributed by atoms with Crippen LogP contribution in [-0.2, 0) is 27.7 Å². The first kappa shape index (κ1) is 16.1. The minimum absolute atomic E-state index is 0.115. The Morgan fingerprint density at radius 1 is 1.04 bits per heavy atom. The van der Waals surface area contributed by atoms with Gasteiger partial charge in [0.05, 0.1) is 10.6 Å². The van der Waals surface area contributed by atoms with Gasteiger partial charge in [-0.2, -0.15) is 0 Å². The van der Waals surface area contributed by atoms with E-state index in [0.717, 1.165) is 35.7 Å². The summed E-state index contributed by atoms with van der Waals surface area (Å²) in [6.07, 6.45) is 2.71. The van der Waals surface area contributed by atoms with E-state index in [2.05, 4.69) is 4.72 Å². The minimum atomic E-state index is -3.86. The van der Waals surface area contributed by atoms with Crippen molar-refractivity contribution >= 4 is 27.3 Å². The molecule has 2 aromatic carbocycles. The second-order valence-electron chi connectivity index (χ2n) is 6.35. The van der Waals surface area contributed by atoms with Gasteiger partial charge < -0.3 is 4.90 Å². The molecule has 2 aromatic rings. The lowest BCUT2D eigenvalue weighted by molar-refractivity contribution is -0.119. The number of rotatable bonds is 3. The van der Waals surface area contributed by atoms with Gasteiger partial charge in [0.15, 0.2) is 0 Å². The molecule has 0 aliphatic carbocycles. The van der Waals surface area contributed by atoms with E-state index in [1.165, 1.54) is 18.2 Å². The van der Waals surface area contributed by atoms with Gasteiger partial charge in [-0.15, -0.1) is 0 Å². The fourth-order valence-corrected chi connectivity index (χ4v) is 4.63. The summed E-state index contributed by atoms with van der Waals surface area (Å²) in [5, 5.41) is 0. The first-order chi connectivity index (χ1) is 11.9. The lowest BCUT2D eigenvalue weighted by atomic mass is 9.91. The zero-order valence-corrected chi connectivity index (χ0v) is 14.3. The molecule has 7 heteroatoms. The van der Waals surface area contributed by atoms with Crippen LogP contribution in [0.1, 0.15) is 24.0 Å². The molecule has 0 fully saturated rings. The molecule has 2 heterocycles. The maximum atomic E-state index is 13.3. The average molecular weight is 360 g/mol. The van der Waals surface area contributed by atoms with Crippen molar-refractivity contribution in [2.75, 3.05) is 16.2 Å². The summed E-state index contributed by atoms with van der Waals surface area (Å²) >= 11 is 0. The van der Waals surface area contributed by atoms with Crippen molar-refractivity contribution in [1.82, 2.24) is 0 Å². The highest BCUT2D eigenvalue weighted by molar-refractivity contribution is 7.92. The predicted octanol–water partition coefficient (Wildman–Crippen LogP) is 2.85. The number of aryl methyl sites for hydroxylation is 2. The molecule has 1 N–H and O–H groups in total. The fraction of sp³-hybridized carbons (Fsp3) is 0.278. The number of nitrogens with one attached hydrogen (secondary N) is 1. The van der Waals surface area contributed by atoms with Crippen molar-refractivity contribution in [3.8, 4) is 0 Å². The van der Waals surface area contributed by atoms with E-state index in [-0.39, 0.29) is 10.8 Å². The first-order valence-corrected chi connectivity index (χ1v) is 9.67. The number of nitrogens with zero attached hydrogens (tertiary/aromatic N) is 1. The number of anilines is 2. The number of hydrogen-bond acceptors (Lipinski definition) is 3. The van der Waals surface area contributed by atoms with Gasteiger partial charge in [0.1, 0.15) is 5.82 Å². The second kappa shape index (κ2) is 5.84. The Kier molecular flexibility index (Phi) is 3.76. The third-order valence-electron chi connectivity index (χ3n) is 4.63. The molecule has 0 unspecified atom stereocenters. The number of halogens is 1. The third kappa shape index (κ3) is 2.89. The van der Waals surface area contributed by atoms with Crippen molar-refractivity contribution in [2.45, 2.75) is 30.6 Å². The zero-order valence-electron chi connectivity index (χ0n) is 13.5. The summed E-state index contributed by atoms with van der Waals surface area (Å²) in [7, 11) is -3.86. The SMILES string of the molecule is O=C1CCc2cc(NS(=O)(=O)c3cccc(F)c3)cc3c2N1CCC3. The molecule has 0 radical (unpaired) electrons. The predicted molar refractivity (Wildman–Crippen MR) is 92.6 cm³/mol. The Hall–Kier alpha value is -2.41. The van der Waals surface area contributed by atoms with Crippen LogP contribution >= 0.6 is 0 Å². The van der Waals surface area contributed by atoms with E-state index >= 15 is 0 Å². The van der Waals surface area contributed by atoms with E-state index in [1.807, 2.05) is 4.90 Å². The standard InChI is InChI=1S/C18H17FN2O3S/c19-14-4-1-5-16(11-14)25(23,24)20-15-9-12-3-2-8-21-17(22)7-6-13(10-15)18(12)21/h1,4-5,9-11,20H,2-3,6-8H2. The number of carbonyl (C=O) groups is 1. The Bertz CT molecular complexity index is 955. The Morgan fingerprint density at radius 3 is 2.56 bits per heavy atom. The molecular weight excluding hydrogens is 343 g/mol. The summed E-state index contributed by atoms with van der Waals surface area (Å²) in [6, 6.07) is 8.47. The van der Waals surface area contributed by atoms with Crippen LogP contribution in [0.15, 0.2) is 41.3 Å². The van der Waals surface area contributed by atoms with Crippen molar-refractivity contribution < 1.29 is 17.6 Å². The number of benzene rings is 2. The summed E-state index contributed by atoms with van der Waals surface area (Å²) in [6.45, 7) is 0.715. The number of hydrogen-bond donors (Lipinski definition) is 1. The van der Waals surface area contributed by atoms with Crippen molar-refractivity contribution in [1.29, 1.82) is 0 Å². The number of sulfonamides is 1. The first-order valence-electron chi connectivity index (χ1n) is 8.18. The number of amides is 1. The molecule has 130 valence electrons. The maximum absolute atomic E-state index is 13.3. The molecule has 0 atom stereocenters. The molecular formula is C18H17FN2O3S. The van der Waals surface area contributed by atoms with Crippen LogP contribution < -0.4 is 9.62 Å². The highest BCUT2D eigenvalue weighted by Gasteiger charge is 2.30. The molecule has 25 heavy (non-hydrogen) atoms. The van der Waals surface area contributed by atoms with Crippen LogP contribution in [0.4, 0.5) is 15.8 Å².